The van der Waals surface area contributed by atoms with E-state index in [1.807, 2.05) is 0 Å². The van der Waals surface area contributed by atoms with Crippen LogP contribution in [-0.2, 0) is 12.8 Å². The summed E-state index contributed by atoms with van der Waals surface area (Å²) in [5, 5.41) is 0. The Morgan fingerprint density at radius 1 is 1.25 bits per heavy atom. The minimum atomic E-state index is 0.184. The average molecular weight is 286 g/mol. The highest BCUT2D eigenvalue weighted by Gasteiger charge is 2.16. The van der Waals surface area contributed by atoms with Crippen LogP contribution in [-0.4, -0.2) is 9.97 Å². The third-order valence-corrected chi connectivity index (χ3v) is 3.03. The maximum absolute atomic E-state index is 5.87. The van der Waals surface area contributed by atoms with E-state index in [-0.39, 0.29) is 5.41 Å². The topological polar surface area (TPSA) is 51.8 Å². The predicted molar refractivity (Wildman–Crippen MR) is 71.3 cm³/mol. The van der Waals surface area contributed by atoms with Gasteiger partial charge in [0.2, 0.25) is 0 Å². The molecule has 0 spiro atoms. The maximum Gasteiger partial charge on any atom is 0.141 e. The minimum absolute atomic E-state index is 0.184. The first-order valence-electron chi connectivity index (χ1n) is 5.64. The molecule has 0 bridgehead atoms. The van der Waals surface area contributed by atoms with Crippen LogP contribution >= 0.6 is 15.9 Å². The molecule has 0 aliphatic carbocycles. The number of rotatable bonds is 3. The second kappa shape index (κ2) is 5.13. The van der Waals surface area contributed by atoms with E-state index in [2.05, 4.69) is 53.6 Å². The number of nitrogen functional groups attached to an aromatic ring is 1. The van der Waals surface area contributed by atoms with E-state index in [0.29, 0.717) is 5.82 Å². The number of aromatic nitrogens is 2. The number of hydrogen-bond acceptors (Lipinski definition) is 3. The van der Waals surface area contributed by atoms with E-state index in [0.717, 1.165) is 35.3 Å². The van der Waals surface area contributed by atoms with E-state index in [1.165, 1.54) is 0 Å². The third kappa shape index (κ3) is 3.74. The molecule has 0 aliphatic rings. The predicted octanol–water partition coefficient (Wildman–Crippen LogP) is 3.36. The Kier molecular flexibility index (Phi) is 4.30. The summed E-state index contributed by atoms with van der Waals surface area (Å²) in [6.07, 6.45) is 2.84. The van der Waals surface area contributed by atoms with Crippen molar-refractivity contribution in [3.8, 4) is 0 Å². The Bertz CT molecular complexity index is 369. The summed E-state index contributed by atoms with van der Waals surface area (Å²) < 4.78 is 0.854. The van der Waals surface area contributed by atoms with Crippen LogP contribution in [0.4, 0.5) is 5.82 Å². The molecule has 0 saturated carbocycles. The van der Waals surface area contributed by atoms with Gasteiger partial charge in [-0.1, -0.05) is 34.1 Å². The first-order valence-corrected chi connectivity index (χ1v) is 6.43. The van der Waals surface area contributed by atoms with Gasteiger partial charge in [0.1, 0.15) is 11.6 Å². The normalized spacial score (nSPS) is 11.8. The lowest BCUT2D eigenvalue weighted by atomic mass is 9.92. The largest absolute Gasteiger partial charge is 0.383 e. The lowest BCUT2D eigenvalue weighted by Crippen LogP contribution is -2.14. The second-order valence-corrected chi connectivity index (χ2v) is 6.07. The van der Waals surface area contributed by atoms with Crippen LogP contribution in [0, 0.1) is 5.41 Å². The van der Waals surface area contributed by atoms with E-state index < -0.39 is 0 Å². The van der Waals surface area contributed by atoms with Crippen LogP contribution in [0.25, 0.3) is 0 Å². The summed E-state index contributed by atoms with van der Waals surface area (Å²) >= 11 is 3.44. The van der Waals surface area contributed by atoms with Gasteiger partial charge in [0.25, 0.3) is 0 Å². The number of nitrogens with two attached hydrogens (primary N) is 1. The zero-order valence-electron chi connectivity index (χ0n) is 10.5. The molecule has 1 aromatic rings. The molecule has 1 rings (SSSR count). The van der Waals surface area contributed by atoms with Gasteiger partial charge in [0, 0.05) is 6.42 Å². The fourth-order valence-electron chi connectivity index (χ4n) is 1.52. The molecule has 0 aromatic carbocycles. The third-order valence-electron chi connectivity index (χ3n) is 2.17. The van der Waals surface area contributed by atoms with Crippen molar-refractivity contribution in [3.05, 3.63) is 16.0 Å². The van der Waals surface area contributed by atoms with Gasteiger partial charge in [-0.2, -0.15) is 0 Å². The summed E-state index contributed by atoms with van der Waals surface area (Å²) in [4.78, 5) is 8.89. The van der Waals surface area contributed by atoms with Gasteiger partial charge < -0.3 is 5.73 Å². The molecule has 16 heavy (non-hydrogen) atoms. The van der Waals surface area contributed by atoms with Crippen molar-refractivity contribution in [1.82, 2.24) is 9.97 Å². The van der Waals surface area contributed by atoms with Gasteiger partial charge in [-0.25, -0.2) is 9.97 Å². The molecular formula is C12H20BrN3. The summed E-state index contributed by atoms with van der Waals surface area (Å²) in [6.45, 7) is 8.66. The van der Waals surface area contributed by atoms with Crippen LogP contribution in [0.15, 0.2) is 4.47 Å². The van der Waals surface area contributed by atoms with Crippen molar-refractivity contribution in [2.24, 2.45) is 5.41 Å². The van der Waals surface area contributed by atoms with Crippen molar-refractivity contribution in [2.45, 2.75) is 47.0 Å². The van der Waals surface area contributed by atoms with Crippen LogP contribution in [0.3, 0.4) is 0 Å². The number of anilines is 1. The molecule has 0 amide bonds. The molecule has 0 atom stereocenters. The highest BCUT2D eigenvalue weighted by Crippen LogP contribution is 2.25. The average Bonchev–Trinajstić information content (AvgIpc) is 2.11. The standard InChI is InChI=1S/C12H20BrN3/c1-5-6-8-10(13)11(14)16-9(15-8)7-12(2,3)4/h5-7H2,1-4H3,(H2,14,15,16). The SMILES string of the molecule is CCCc1nc(CC(C)(C)C)nc(N)c1Br. The molecule has 2 N–H and O–H groups in total. The molecule has 1 aromatic heterocycles. The summed E-state index contributed by atoms with van der Waals surface area (Å²) in [5.74, 6) is 1.40. The van der Waals surface area contributed by atoms with Gasteiger partial charge in [-0.3, -0.25) is 0 Å². The van der Waals surface area contributed by atoms with Crippen LogP contribution < -0.4 is 5.73 Å². The Balaban J connectivity index is 3.04. The highest BCUT2D eigenvalue weighted by atomic mass is 79.9. The fraction of sp³-hybridized carbons (Fsp3) is 0.667. The van der Waals surface area contributed by atoms with Crippen LogP contribution in [0.1, 0.15) is 45.6 Å². The number of nitrogens with zero attached hydrogens (tertiary/aromatic N) is 2. The summed E-state index contributed by atoms with van der Waals surface area (Å²) in [6, 6.07) is 0. The van der Waals surface area contributed by atoms with Gasteiger partial charge in [0.05, 0.1) is 10.2 Å². The van der Waals surface area contributed by atoms with Gasteiger partial charge >= 0.3 is 0 Å². The van der Waals surface area contributed by atoms with E-state index in [4.69, 9.17) is 5.73 Å². The van der Waals surface area contributed by atoms with Gasteiger partial charge in [-0.15, -0.1) is 0 Å². The molecule has 0 fully saturated rings. The summed E-state index contributed by atoms with van der Waals surface area (Å²) in [7, 11) is 0. The van der Waals surface area contributed by atoms with Gasteiger partial charge in [-0.05, 0) is 27.8 Å². The first kappa shape index (κ1) is 13.4. The maximum atomic E-state index is 5.87. The molecule has 3 nitrogen and oxygen atoms in total. The first-order chi connectivity index (χ1) is 7.33. The molecule has 0 aliphatic heterocycles. The zero-order valence-corrected chi connectivity index (χ0v) is 12.1. The monoisotopic (exact) mass is 285 g/mol. The van der Waals surface area contributed by atoms with Crippen molar-refractivity contribution >= 4 is 21.7 Å². The molecule has 0 unspecified atom stereocenters. The molecule has 0 radical (unpaired) electrons. The lowest BCUT2D eigenvalue weighted by molar-refractivity contribution is 0.400. The number of aryl methyl sites for hydroxylation is 1. The Morgan fingerprint density at radius 2 is 1.88 bits per heavy atom. The van der Waals surface area contributed by atoms with Crippen molar-refractivity contribution in [2.75, 3.05) is 5.73 Å². The smallest absolute Gasteiger partial charge is 0.141 e. The molecule has 4 heteroatoms. The Hall–Kier alpha value is -0.640. The second-order valence-electron chi connectivity index (χ2n) is 5.27. The zero-order chi connectivity index (χ0) is 12.3. The Labute approximate surface area is 106 Å². The van der Waals surface area contributed by atoms with Crippen molar-refractivity contribution < 1.29 is 0 Å². The Morgan fingerprint density at radius 3 is 2.38 bits per heavy atom. The van der Waals surface area contributed by atoms with E-state index >= 15 is 0 Å². The number of hydrogen-bond donors (Lipinski definition) is 1. The number of halogens is 1. The quantitative estimate of drug-likeness (QED) is 0.927. The molecular weight excluding hydrogens is 266 g/mol. The lowest BCUT2D eigenvalue weighted by Gasteiger charge is -2.17. The van der Waals surface area contributed by atoms with Crippen LogP contribution in [0.2, 0.25) is 0 Å². The van der Waals surface area contributed by atoms with Gasteiger partial charge in [0.15, 0.2) is 0 Å². The molecule has 0 saturated heterocycles. The summed E-state index contributed by atoms with van der Waals surface area (Å²) in [5.41, 5.74) is 7.08. The minimum Gasteiger partial charge on any atom is -0.383 e. The fourth-order valence-corrected chi connectivity index (χ4v) is 1.90. The highest BCUT2D eigenvalue weighted by molar-refractivity contribution is 9.10. The van der Waals surface area contributed by atoms with E-state index in [1.54, 1.807) is 0 Å². The van der Waals surface area contributed by atoms with E-state index in [9.17, 15) is 0 Å². The van der Waals surface area contributed by atoms with Crippen molar-refractivity contribution in [1.29, 1.82) is 0 Å². The molecule has 90 valence electrons. The van der Waals surface area contributed by atoms with Crippen LogP contribution in [0.5, 0.6) is 0 Å². The van der Waals surface area contributed by atoms with Crippen molar-refractivity contribution in [3.63, 3.8) is 0 Å². The molecule has 1 heterocycles.